The van der Waals surface area contributed by atoms with Gasteiger partial charge in [-0.1, -0.05) is 6.07 Å². The van der Waals surface area contributed by atoms with Crippen molar-refractivity contribution in [1.82, 2.24) is 20.3 Å². The minimum absolute atomic E-state index is 0. The van der Waals surface area contributed by atoms with Gasteiger partial charge in [-0.05, 0) is 101 Å². The van der Waals surface area contributed by atoms with E-state index in [4.69, 9.17) is 9.82 Å². The molecule has 3 aliphatic rings. The van der Waals surface area contributed by atoms with E-state index in [2.05, 4.69) is 26.7 Å². The Balaban J connectivity index is 0.00000168. The van der Waals surface area contributed by atoms with E-state index < -0.39 is 0 Å². The number of hydroxylamine groups is 1. The molecule has 206 valence electrons. The van der Waals surface area contributed by atoms with Crippen LogP contribution in [-0.4, -0.2) is 52.6 Å². The average Bonchev–Trinajstić information content (AvgIpc) is 3.83. The molecule has 2 N–H and O–H groups in total. The van der Waals surface area contributed by atoms with E-state index in [0.717, 1.165) is 64.0 Å². The first-order valence-corrected chi connectivity index (χ1v) is 14.3. The highest BCUT2D eigenvalue weighted by atomic mass is 35.5. The molecule has 3 aromatic rings. The number of hydrogen-bond acceptors (Lipinski definition) is 8. The van der Waals surface area contributed by atoms with Crippen molar-refractivity contribution in [3.05, 3.63) is 41.6 Å². The number of carbonyl (C=O) groups is 1. The van der Waals surface area contributed by atoms with Gasteiger partial charge in [0.2, 0.25) is 5.95 Å². The van der Waals surface area contributed by atoms with Crippen LogP contribution in [0.3, 0.4) is 0 Å². The number of anilines is 1. The van der Waals surface area contributed by atoms with Gasteiger partial charge in [-0.3, -0.25) is 0 Å². The molecule has 0 atom stereocenters. The van der Waals surface area contributed by atoms with Crippen molar-refractivity contribution in [3.8, 4) is 10.6 Å². The maximum atomic E-state index is 12.6. The van der Waals surface area contributed by atoms with Gasteiger partial charge in [0.25, 0.3) is 0 Å². The number of hydrogen-bond donors (Lipinski definition) is 2. The molecule has 3 heterocycles. The molecule has 10 heteroatoms. The Morgan fingerprint density at radius 1 is 1.13 bits per heavy atom. The SMILES string of the molecule is Cc1cnc(NCCCC2CCN(C3CC3)CC2)nc1-c1cc2c(C(=O)ONC3CC3)cccc2s1.Cl.Cl. The molecule has 2 aromatic heterocycles. The van der Waals surface area contributed by atoms with E-state index in [1.807, 2.05) is 31.3 Å². The topological polar surface area (TPSA) is 79.4 Å². The smallest absolute Gasteiger partial charge is 0.357 e. The number of carbonyl (C=O) groups excluding carboxylic acids is 1. The van der Waals surface area contributed by atoms with Gasteiger partial charge in [0.1, 0.15) is 0 Å². The van der Waals surface area contributed by atoms with E-state index in [1.165, 1.54) is 45.2 Å². The van der Waals surface area contributed by atoms with Crippen molar-refractivity contribution in [3.63, 3.8) is 0 Å². The summed E-state index contributed by atoms with van der Waals surface area (Å²) in [5.74, 6) is 1.19. The van der Waals surface area contributed by atoms with Gasteiger partial charge in [0.15, 0.2) is 0 Å². The van der Waals surface area contributed by atoms with Crippen LogP contribution in [0.15, 0.2) is 30.5 Å². The van der Waals surface area contributed by atoms with Crippen molar-refractivity contribution in [2.24, 2.45) is 5.92 Å². The predicted molar refractivity (Wildman–Crippen MR) is 159 cm³/mol. The molecule has 7 nitrogen and oxygen atoms in total. The van der Waals surface area contributed by atoms with Crippen LogP contribution in [0.4, 0.5) is 5.95 Å². The Morgan fingerprint density at radius 3 is 2.66 bits per heavy atom. The number of halogens is 2. The third-order valence-electron chi connectivity index (χ3n) is 7.67. The fraction of sp³-hybridized carbons (Fsp3) is 0.536. The Bertz CT molecular complexity index is 1240. The number of thiophene rings is 1. The zero-order valence-electron chi connectivity index (χ0n) is 21.8. The Morgan fingerprint density at radius 2 is 1.92 bits per heavy atom. The summed E-state index contributed by atoms with van der Waals surface area (Å²) in [4.78, 5) is 31.1. The lowest BCUT2D eigenvalue weighted by Crippen LogP contribution is -2.35. The van der Waals surface area contributed by atoms with Crippen molar-refractivity contribution in [1.29, 1.82) is 0 Å². The largest absolute Gasteiger partial charge is 0.366 e. The van der Waals surface area contributed by atoms with Crippen molar-refractivity contribution in [2.45, 2.75) is 70.4 Å². The molecule has 1 aromatic carbocycles. The summed E-state index contributed by atoms with van der Waals surface area (Å²) >= 11 is 1.64. The standard InChI is InChI=1S/C28H35N5O2S.2ClH/c1-18-17-30-28(29-13-3-4-19-11-14-33(15-12-19)21-9-10-21)31-26(18)25-16-23-22(5-2-6-24(23)36-25)27(34)35-32-20-7-8-20;;/h2,5-6,16-17,19-21,32H,3-4,7-15H2,1H3,(H,29,30,31);2*1H. The first-order chi connectivity index (χ1) is 17.6. The summed E-state index contributed by atoms with van der Waals surface area (Å²) in [5.41, 5.74) is 5.37. The Labute approximate surface area is 240 Å². The zero-order valence-corrected chi connectivity index (χ0v) is 24.2. The van der Waals surface area contributed by atoms with Crippen LogP contribution >= 0.6 is 36.2 Å². The van der Waals surface area contributed by atoms with Crippen molar-refractivity contribution >= 4 is 58.2 Å². The van der Waals surface area contributed by atoms with Crippen LogP contribution in [0.25, 0.3) is 20.7 Å². The summed E-state index contributed by atoms with van der Waals surface area (Å²) in [6.07, 6.45) is 11.9. The summed E-state index contributed by atoms with van der Waals surface area (Å²) in [5, 5.41) is 4.35. The molecule has 0 bridgehead atoms. The van der Waals surface area contributed by atoms with Crippen LogP contribution in [0.2, 0.25) is 0 Å². The predicted octanol–water partition coefficient (Wildman–Crippen LogP) is 6.40. The molecular weight excluding hydrogens is 541 g/mol. The molecule has 3 fully saturated rings. The van der Waals surface area contributed by atoms with E-state index in [9.17, 15) is 4.79 Å². The number of benzene rings is 1. The second kappa shape index (κ2) is 12.9. The molecule has 2 saturated carbocycles. The molecular formula is C28H37Cl2N5O2S. The molecule has 0 amide bonds. The third-order valence-corrected chi connectivity index (χ3v) is 8.77. The van der Waals surface area contributed by atoms with E-state index >= 15 is 0 Å². The fourth-order valence-corrected chi connectivity index (χ4v) is 6.31. The van der Waals surface area contributed by atoms with Gasteiger partial charge in [0.05, 0.1) is 16.1 Å². The van der Waals surface area contributed by atoms with Gasteiger partial charge in [-0.2, -0.15) is 0 Å². The summed E-state index contributed by atoms with van der Waals surface area (Å²) in [6, 6.07) is 9.05. The van der Waals surface area contributed by atoms with Crippen molar-refractivity contribution < 1.29 is 9.63 Å². The maximum Gasteiger partial charge on any atom is 0.357 e. The highest BCUT2D eigenvalue weighted by molar-refractivity contribution is 7.22. The van der Waals surface area contributed by atoms with Crippen LogP contribution in [0, 0.1) is 12.8 Å². The van der Waals surface area contributed by atoms with Gasteiger partial charge in [0, 0.05) is 34.9 Å². The first kappa shape index (κ1) is 29.0. The van der Waals surface area contributed by atoms with E-state index in [0.29, 0.717) is 17.6 Å². The third kappa shape index (κ3) is 6.96. The Kier molecular flexibility index (Phi) is 9.87. The van der Waals surface area contributed by atoms with Crippen LogP contribution in [0.1, 0.15) is 67.3 Å². The van der Waals surface area contributed by atoms with Gasteiger partial charge >= 0.3 is 5.97 Å². The van der Waals surface area contributed by atoms with Gasteiger partial charge in [-0.15, -0.1) is 41.6 Å². The second-order valence-corrected chi connectivity index (χ2v) is 11.7. The highest BCUT2D eigenvalue weighted by Gasteiger charge is 2.31. The van der Waals surface area contributed by atoms with E-state index in [-0.39, 0.29) is 30.8 Å². The van der Waals surface area contributed by atoms with E-state index in [1.54, 1.807) is 11.3 Å². The highest BCUT2D eigenvalue weighted by Crippen LogP contribution is 2.36. The summed E-state index contributed by atoms with van der Waals surface area (Å²) < 4.78 is 1.05. The average molecular weight is 579 g/mol. The zero-order chi connectivity index (χ0) is 24.5. The molecule has 2 aliphatic carbocycles. The fourth-order valence-electron chi connectivity index (χ4n) is 5.16. The van der Waals surface area contributed by atoms with Gasteiger partial charge < -0.3 is 15.1 Å². The molecule has 1 aliphatic heterocycles. The second-order valence-electron chi connectivity index (χ2n) is 10.6. The van der Waals surface area contributed by atoms with Crippen LogP contribution in [0.5, 0.6) is 0 Å². The molecule has 38 heavy (non-hydrogen) atoms. The number of likely N-dealkylation sites (tertiary alicyclic amines) is 1. The minimum atomic E-state index is -0.336. The normalized spacial score (nSPS) is 18.0. The maximum absolute atomic E-state index is 12.6. The van der Waals surface area contributed by atoms with Crippen LogP contribution in [-0.2, 0) is 4.84 Å². The Hall–Kier alpha value is -1.97. The first-order valence-electron chi connectivity index (χ1n) is 13.5. The number of nitrogens with zero attached hydrogens (tertiary/aromatic N) is 3. The van der Waals surface area contributed by atoms with Crippen LogP contribution < -0.4 is 10.8 Å². The number of nitrogens with one attached hydrogen (secondary N) is 2. The van der Waals surface area contributed by atoms with Gasteiger partial charge in [-0.25, -0.2) is 14.8 Å². The number of piperidine rings is 1. The number of rotatable bonds is 10. The lowest BCUT2D eigenvalue weighted by molar-refractivity contribution is 0.0238. The molecule has 0 radical (unpaired) electrons. The monoisotopic (exact) mass is 577 g/mol. The molecule has 0 unspecified atom stereocenters. The quantitative estimate of drug-likeness (QED) is 0.213. The summed E-state index contributed by atoms with van der Waals surface area (Å²) in [7, 11) is 0. The molecule has 1 saturated heterocycles. The lowest BCUT2D eigenvalue weighted by Gasteiger charge is -2.32. The number of aryl methyl sites for hydroxylation is 1. The van der Waals surface area contributed by atoms with Crippen molar-refractivity contribution in [2.75, 3.05) is 25.0 Å². The molecule has 0 spiro atoms. The summed E-state index contributed by atoms with van der Waals surface area (Å²) in [6.45, 7) is 5.51. The lowest BCUT2D eigenvalue weighted by atomic mass is 9.92. The number of aromatic nitrogens is 2. The number of fused-ring (bicyclic) bond motifs is 1. The molecule has 6 rings (SSSR count). The minimum Gasteiger partial charge on any atom is -0.366 e.